The van der Waals surface area contributed by atoms with Crippen LogP contribution in [0.3, 0.4) is 0 Å². The van der Waals surface area contributed by atoms with E-state index in [2.05, 4.69) is 5.32 Å². The minimum Gasteiger partial charge on any atom is -0.389 e. The summed E-state index contributed by atoms with van der Waals surface area (Å²) in [4.78, 5) is 12.3. The maximum Gasteiger partial charge on any atom is 0.258 e. The molecule has 0 bridgehead atoms. The van der Waals surface area contributed by atoms with Gasteiger partial charge in [-0.25, -0.2) is 0 Å². The van der Waals surface area contributed by atoms with Crippen molar-refractivity contribution in [3.05, 3.63) is 50.1 Å². The van der Waals surface area contributed by atoms with E-state index in [-0.39, 0.29) is 10.9 Å². The van der Waals surface area contributed by atoms with E-state index in [0.29, 0.717) is 25.5 Å². The number of rotatable bonds is 3. The van der Waals surface area contributed by atoms with Crippen LogP contribution in [-0.4, -0.2) is 10.9 Å². The summed E-state index contributed by atoms with van der Waals surface area (Å²) >= 11 is 17.8. The second-order valence-corrected chi connectivity index (χ2v) is 6.33. The highest BCUT2D eigenvalue weighted by Crippen LogP contribution is 2.31. The Kier molecular flexibility index (Phi) is 4.42. The summed E-state index contributed by atoms with van der Waals surface area (Å²) in [6.07, 6.45) is 0. The first-order chi connectivity index (χ1) is 8.99. The van der Waals surface area contributed by atoms with Crippen molar-refractivity contribution in [2.45, 2.75) is 0 Å². The third kappa shape index (κ3) is 3.25. The smallest absolute Gasteiger partial charge is 0.258 e. The quantitative estimate of drug-likeness (QED) is 0.838. The zero-order chi connectivity index (χ0) is 14.0. The van der Waals surface area contributed by atoms with Crippen molar-refractivity contribution in [2.75, 3.05) is 5.32 Å². The predicted octanol–water partition coefficient (Wildman–Crippen LogP) is 3.94. The fourth-order valence-electron chi connectivity index (χ4n) is 1.49. The van der Waals surface area contributed by atoms with Crippen molar-refractivity contribution in [2.24, 2.45) is 5.73 Å². The topological polar surface area (TPSA) is 55.1 Å². The molecule has 2 aromatic rings. The van der Waals surface area contributed by atoms with Gasteiger partial charge >= 0.3 is 0 Å². The SMILES string of the molecule is NC(=S)c1ccccc1NC(=O)c1cc(Cl)sc1Cl. The largest absolute Gasteiger partial charge is 0.389 e. The molecule has 0 fully saturated rings. The van der Waals surface area contributed by atoms with Crippen LogP contribution in [-0.2, 0) is 0 Å². The van der Waals surface area contributed by atoms with Crippen molar-refractivity contribution in [1.29, 1.82) is 0 Å². The van der Waals surface area contributed by atoms with E-state index in [1.54, 1.807) is 24.3 Å². The van der Waals surface area contributed by atoms with E-state index in [1.165, 1.54) is 6.07 Å². The van der Waals surface area contributed by atoms with Gasteiger partial charge in [0.25, 0.3) is 5.91 Å². The van der Waals surface area contributed by atoms with Gasteiger partial charge in [-0.3, -0.25) is 4.79 Å². The van der Waals surface area contributed by atoms with Gasteiger partial charge in [0.1, 0.15) is 9.32 Å². The minimum absolute atomic E-state index is 0.213. The lowest BCUT2D eigenvalue weighted by Gasteiger charge is -2.09. The summed E-state index contributed by atoms with van der Waals surface area (Å²) < 4.78 is 0.799. The fourth-order valence-corrected chi connectivity index (χ4v) is 3.13. The number of halogens is 2. The van der Waals surface area contributed by atoms with Crippen LogP contribution in [0.2, 0.25) is 8.67 Å². The van der Waals surface area contributed by atoms with Crippen LogP contribution in [0.25, 0.3) is 0 Å². The van der Waals surface area contributed by atoms with Gasteiger partial charge in [0.05, 0.1) is 15.6 Å². The number of thiophene rings is 1. The third-order valence-electron chi connectivity index (χ3n) is 2.34. The van der Waals surface area contributed by atoms with E-state index in [0.717, 1.165) is 11.3 Å². The second kappa shape index (κ2) is 5.88. The normalized spacial score (nSPS) is 10.2. The molecule has 3 N–H and O–H groups in total. The molecule has 19 heavy (non-hydrogen) atoms. The summed E-state index contributed by atoms with van der Waals surface area (Å²) in [6.45, 7) is 0. The number of benzene rings is 1. The molecule has 2 rings (SSSR count). The summed E-state index contributed by atoms with van der Waals surface area (Å²) in [5, 5.41) is 2.72. The van der Waals surface area contributed by atoms with E-state index in [4.69, 9.17) is 41.2 Å². The van der Waals surface area contributed by atoms with E-state index < -0.39 is 0 Å². The van der Waals surface area contributed by atoms with Crippen molar-refractivity contribution < 1.29 is 4.79 Å². The molecule has 0 atom stereocenters. The van der Waals surface area contributed by atoms with Gasteiger partial charge in [-0.1, -0.05) is 47.6 Å². The molecular formula is C12H8Cl2N2OS2. The van der Waals surface area contributed by atoms with Crippen LogP contribution in [0.1, 0.15) is 15.9 Å². The summed E-state index contributed by atoms with van der Waals surface area (Å²) in [6, 6.07) is 8.54. The number of nitrogens with one attached hydrogen (secondary N) is 1. The molecule has 0 unspecified atom stereocenters. The maximum atomic E-state index is 12.1. The van der Waals surface area contributed by atoms with Crippen LogP contribution in [0, 0.1) is 0 Å². The lowest BCUT2D eigenvalue weighted by molar-refractivity contribution is 0.102. The molecule has 7 heteroatoms. The summed E-state index contributed by atoms with van der Waals surface area (Å²) in [7, 11) is 0. The van der Waals surface area contributed by atoms with Gasteiger partial charge in [0, 0.05) is 5.56 Å². The van der Waals surface area contributed by atoms with Crippen LogP contribution < -0.4 is 11.1 Å². The summed E-state index contributed by atoms with van der Waals surface area (Å²) in [5.74, 6) is -0.350. The monoisotopic (exact) mass is 330 g/mol. The number of nitrogens with two attached hydrogens (primary N) is 1. The number of hydrogen-bond donors (Lipinski definition) is 2. The number of anilines is 1. The molecule has 0 aliphatic heterocycles. The van der Waals surface area contributed by atoms with Gasteiger partial charge in [0.2, 0.25) is 0 Å². The predicted molar refractivity (Wildman–Crippen MR) is 84.6 cm³/mol. The van der Waals surface area contributed by atoms with Crippen LogP contribution >= 0.6 is 46.8 Å². The summed E-state index contributed by atoms with van der Waals surface area (Å²) in [5.41, 5.74) is 7.07. The van der Waals surface area contributed by atoms with Crippen LogP contribution in [0.5, 0.6) is 0 Å². The Morgan fingerprint density at radius 1 is 1.26 bits per heavy atom. The van der Waals surface area contributed by atoms with Gasteiger partial charge in [-0.2, -0.15) is 0 Å². The fraction of sp³-hybridized carbons (Fsp3) is 0. The number of hydrogen-bond acceptors (Lipinski definition) is 3. The van der Waals surface area contributed by atoms with Crippen molar-refractivity contribution in [3.8, 4) is 0 Å². The number of amides is 1. The molecule has 0 spiro atoms. The molecule has 0 aliphatic rings. The third-order valence-corrected chi connectivity index (χ3v) is 4.05. The van der Waals surface area contributed by atoms with Crippen molar-refractivity contribution >= 4 is 63.3 Å². The molecule has 98 valence electrons. The van der Waals surface area contributed by atoms with Gasteiger partial charge in [-0.15, -0.1) is 11.3 Å². The van der Waals surface area contributed by atoms with E-state index in [9.17, 15) is 4.79 Å². The number of carbonyl (C=O) groups is 1. The molecule has 0 radical (unpaired) electrons. The zero-order valence-corrected chi connectivity index (χ0v) is 12.6. The standard InChI is InChI=1S/C12H8Cl2N2OS2/c13-9-5-7(10(14)19-9)12(17)16-8-4-2-1-3-6(8)11(15)18/h1-5H,(H2,15,18)(H,16,17). The Labute approximate surface area is 129 Å². The van der Waals surface area contributed by atoms with Gasteiger partial charge in [-0.05, 0) is 18.2 Å². The molecule has 1 heterocycles. The Bertz CT molecular complexity index is 655. The van der Waals surface area contributed by atoms with Gasteiger partial charge < -0.3 is 11.1 Å². The average Bonchev–Trinajstić information content (AvgIpc) is 2.69. The molecule has 0 saturated carbocycles. The van der Waals surface area contributed by atoms with E-state index >= 15 is 0 Å². The Hall–Kier alpha value is -1.14. The average molecular weight is 331 g/mol. The van der Waals surface area contributed by atoms with E-state index in [1.807, 2.05) is 0 Å². The van der Waals surface area contributed by atoms with Gasteiger partial charge in [0.15, 0.2) is 0 Å². The highest BCUT2D eigenvalue weighted by atomic mass is 35.5. The maximum absolute atomic E-state index is 12.1. The molecule has 3 nitrogen and oxygen atoms in total. The highest BCUT2D eigenvalue weighted by Gasteiger charge is 2.15. The minimum atomic E-state index is -0.350. The van der Waals surface area contributed by atoms with Crippen molar-refractivity contribution in [1.82, 2.24) is 0 Å². The van der Waals surface area contributed by atoms with Crippen LogP contribution in [0.4, 0.5) is 5.69 Å². The molecule has 1 amide bonds. The Morgan fingerprint density at radius 3 is 2.53 bits per heavy atom. The molecule has 1 aromatic carbocycles. The lowest BCUT2D eigenvalue weighted by Crippen LogP contribution is -2.17. The molecule has 1 aromatic heterocycles. The highest BCUT2D eigenvalue weighted by molar-refractivity contribution is 7.80. The lowest BCUT2D eigenvalue weighted by atomic mass is 10.1. The number of thiocarbonyl (C=S) groups is 1. The first-order valence-corrected chi connectivity index (χ1v) is 7.12. The van der Waals surface area contributed by atoms with Crippen LogP contribution in [0.15, 0.2) is 30.3 Å². The number of para-hydroxylation sites is 1. The zero-order valence-electron chi connectivity index (χ0n) is 9.44. The first-order valence-electron chi connectivity index (χ1n) is 5.14. The number of carbonyl (C=O) groups excluding carboxylic acids is 1. The first kappa shape index (κ1) is 14.3. The second-order valence-electron chi connectivity index (χ2n) is 3.60. The van der Waals surface area contributed by atoms with Crippen molar-refractivity contribution in [3.63, 3.8) is 0 Å². The Balaban J connectivity index is 2.29. The molecule has 0 aliphatic carbocycles. The molecular weight excluding hydrogens is 323 g/mol. The Morgan fingerprint density at radius 2 is 1.95 bits per heavy atom. The molecule has 0 saturated heterocycles.